The van der Waals surface area contributed by atoms with Gasteiger partial charge in [0.05, 0.1) is 0 Å². The molecule has 3 N–H and O–H groups in total. The van der Waals surface area contributed by atoms with E-state index in [9.17, 15) is 9.90 Å². The molecule has 1 amide bonds. The molecule has 1 aromatic heterocycles. The summed E-state index contributed by atoms with van der Waals surface area (Å²) in [5.41, 5.74) is 1.19. The minimum absolute atomic E-state index is 0.0628. The van der Waals surface area contributed by atoms with Crippen LogP contribution in [0.5, 0.6) is 5.75 Å². The summed E-state index contributed by atoms with van der Waals surface area (Å²) in [6.07, 6.45) is 2.25. The summed E-state index contributed by atoms with van der Waals surface area (Å²) in [5, 5.41) is 19.2. The van der Waals surface area contributed by atoms with Gasteiger partial charge in [0.15, 0.2) is 5.82 Å². The number of aromatic nitrogens is 1. The lowest BCUT2D eigenvalue weighted by molar-refractivity contribution is -0.116. The monoisotopic (exact) mass is 331 g/mol. The summed E-state index contributed by atoms with van der Waals surface area (Å²) in [7, 11) is 0. The molecule has 0 aliphatic rings. The number of carbonyl (C=O) groups is 1. The molecule has 1 aromatic carbocycles. The quantitative estimate of drug-likeness (QED) is 0.692. The SMILES string of the molecule is Cc1cc(NC(=O)C[C@@H](C)N[C@H](C)CCc2ccc(O)cc2)no1. The number of amides is 1. The normalized spacial score (nSPS) is 13.5. The zero-order valence-electron chi connectivity index (χ0n) is 14.4. The molecular weight excluding hydrogens is 306 g/mol. The summed E-state index contributed by atoms with van der Waals surface area (Å²) < 4.78 is 4.92. The van der Waals surface area contributed by atoms with E-state index in [2.05, 4.69) is 22.7 Å². The number of benzene rings is 1. The highest BCUT2D eigenvalue weighted by molar-refractivity contribution is 5.90. The van der Waals surface area contributed by atoms with Crippen LogP contribution < -0.4 is 10.6 Å². The first-order valence-electron chi connectivity index (χ1n) is 8.19. The number of hydrogen-bond donors (Lipinski definition) is 3. The zero-order valence-corrected chi connectivity index (χ0v) is 14.4. The fourth-order valence-corrected chi connectivity index (χ4v) is 2.57. The number of hydrogen-bond acceptors (Lipinski definition) is 5. The molecule has 2 aromatic rings. The number of rotatable bonds is 8. The first kappa shape index (κ1) is 18.0. The van der Waals surface area contributed by atoms with Crippen molar-refractivity contribution in [3.8, 4) is 5.75 Å². The van der Waals surface area contributed by atoms with E-state index in [1.54, 1.807) is 25.1 Å². The molecule has 0 saturated carbocycles. The molecule has 6 heteroatoms. The van der Waals surface area contributed by atoms with Crippen molar-refractivity contribution in [2.75, 3.05) is 5.32 Å². The Kier molecular flexibility index (Phi) is 6.37. The Labute approximate surface area is 142 Å². The van der Waals surface area contributed by atoms with Crippen molar-refractivity contribution in [3.63, 3.8) is 0 Å². The molecule has 0 bridgehead atoms. The maximum atomic E-state index is 12.0. The zero-order chi connectivity index (χ0) is 17.5. The van der Waals surface area contributed by atoms with Gasteiger partial charge in [0, 0.05) is 24.6 Å². The minimum Gasteiger partial charge on any atom is -0.508 e. The van der Waals surface area contributed by atoms with E-state index >= 15 is 0 Å². The first-order chi connectivity index (χ1) is 11.4. The van der Waals surface area contributed by atoms with Crippen molar-refractivity contribution < 1.29 is 14.4 Å². The fourth-order valence-electron chi connectivity index (χ4n) is 2.57. The lowest BCUT2D eigenvalue weighted by atomic mass is 10.0. The summed E-state index contributed by atoms with van der Waals surface area (Å²) in [6.45, 7) is 5.88. The number of anilines is 1. The highest BCUT2D eigenvalue weighted by Crippen LogP contribution is 2.12. The summed E-state index contributed by atoms with van der Waals surface area (Å²) >= 11 is 0. The van der Waals surface area contributed by atoms with Gasteiger partial charge in [0.25, 0.3) is 0 Å². The molecule has 130 valence electrons. The average molecular weight is 331 g/mol. The molecule has 2 rings (SSSR count). The van der Waals surface area contributed by atoms with Crippen LogP contribution in [-0.4, -0.2) is 28.3 Å². The van der Waals surface area contributed by atoms with E-state index in [0.717, 1.165) is 12.8 Å². The van der Waals surface area contributed by atoms with Gasteiger partial charge in [-0.2, -0.15) is 0 Å². The Morgan fingerprint density at radius 2 is 1.96 bits per heavy atom. The molecule has 0 saturated heterocycles. The number of phenolic OH excluding ortho intramolecular Hbond substituents is 1. The molecule has 0 aliphatic carbocycles. The number of nitrogens with zero attached hydrogens (tertiary/aromatic N) is 1. The molecule has 2 atom stereocenters. The summed E-state index contributed by atoms with van der Waals surface area (Å²) in [5.74, 6) is 1.31. The number of carbonyl (C=O) groups excluding carboxylic acids is 1. The highest BCUT2D eigenvalue weighted by atomic mass is 16.5. The van der Waals surface area contributed by atoms with Crippen LogP contribution in [0.2, 0.25) is 0 Å². The Bertz CT molecular complexity index is 652. The van der Waals surface area contributed by atoms with Crippen LogP contribution in [0.1, 0.15) is 38.0 Å². The van der Waals surface area contributed by atoms with Crippen molar-refractivity contribution in [2.24, 2.45) is 0 Å². The van der Waals surface area contributed by atoms with Gasteiger partial charge in [-0.3, -0.25) is 4.79 Å². The van der Waals surface area contributed by atoms with Gasteiger partial charge in [-0.15, -0.1) is 0 Å². The summed E-state index contributed by atoms with van der Waals surface area (Å²) in [4.78, 5) is 12.0. The van der Waals surface area contributed by atoms with E-state index in [4.69, 9.17) is 4.52 Å². The predicted octanol–water partition coefficient (Wildman–Crippen LogP) is 3.02. The molecule has 0 unspecified atom stereocenters. The second-order valence-corrected chi connectivity index (χ2v) is 6.25. The van der Waals surface area contributed by atoms with Gasteiger partial charge in [0.2, 0.25) is 5.91 Å². The van der Waals surface area contributed by atoms with Crippen molar-refractivity contribution in [2.45, 2.75) is 52.1 Å². The van der Waals surface area contributed by atoms with Crippen LogP contribution in [0.15, 0.2) is 34.9 Å². The number of aromatic hydroxyl groups is 1. The fraction of sp³-hybridized carbons (Fsp3) is 0.444. The van der Waals surface area contributed by atoms with Gasteiger partial charge in [0.1, 0.15) is 11.5 Å². The number of phenols is 1. The molecular formula is C18H25N3O3. The van der Waals surface area contributed by atoms with Gasteiger partial charge in [-0.05, 0) is 51.3 Å². The van der Waals surface area contributed by atoms with E-state index in [0.29, 0.717) is 18.0 Å². The molecule has 0 fully saturated rings. The van der Waals surface area contributed by atoms with E-state index in [1.807, 2.05) is 19.1 Å². The molecule has 0 radical (unpaired) electrons. The minimum atomic E-state index is -0.0889. The molecule has 6 nitrogen and oxygen atoms in total. The summed E-state index contributed by atoms with van der Waals surface area (Å²) in [6, 6.07) is 9.30. The van der Waals surface area contributed by atoms with Crippen LogP contribution >= 0.6 is 0 Å². The average Bonchev–Trinajstić information content (AvgIpc) is 2.91. The van der Waals surface area contributed by atoms with E-state index in [-0.39, 0.29) is 23.7 Å². The highest BCUT2D eigenvalue weighted by Gasteiger charge is 2.13. The van der Waals surface area contributed by atoms with Crippen molar-refractivity contribution in [3.05, 3.63) is 41.7 Å². The standard InChI is InChI=1S/C18H25N3O3/c1-12(4-5-15-6-8-16(22)9-7-15)19-13(2)10-18(23)20-17-11-14(3)24-21-17/h6-9,11-13,19,22H,4-5,10H2,1-3H3,(H,20,21,23)/t12-,13-/m1/s1. The third kappa shape index (κ3) is 6.04. The van der Waals surface area contributed by atoms with Crippen LogP contribution in [0.3, 0.4) is 0 Å². The van der Waals surface area contributed by atoms with E-state index < -0.39 is 0 Å². The predicted molar refractivity (Wildman–Crippen MR) is 93.0 cm³/mol. The van der Waals surface area contributed by atoms with Gasteiger partial charge >= 0.3 is 0 Å². The van der Waals surface area contributed by atoms with Crippen molar-refractivity contribution in [1.82, 2.24) is 10.5 Å². The molecule has 0 spiro atoms. The van der Waals surface area contributed by atoms with Crippen LogP contribution in [0, 0.1) is 6.92 Å². The lowest BCUT2D eigenvalue weighted by Gasteiger charge is -2.19. The maximum Gasteiger partial charge on any atom is 0.227 e. The Hall–Kier alpha value is -2.34. The third-order valence-corrected chi connectivity index (χ3v) is 3.76. The third-order valence-electron chi connectivity index (χ3n) is 3.76. The Morgan fingerprint density at radius 3 is 2.58 bits per heavy atom. The topological polar surface area (TPSA) is 87.4 Å². The van der Waals surface area contributed by atoms with Crippen LogP contribution in [0.25, 0.3) is 0 Å². The van der Waals surface area contributed by atoms with Crippen molar-refractivity contribution in [1.29, 1.82) is 0 Å². The van der Waals surface area contributed by atoms with E-state index in [1.165, 1.54) is 5.56 Å². The maximum absolute atomic E-state index is 12.0. The Balaban J connectivity index is 1.69. The lowest BCUT2D eigenvalue weighted by Crippen LogP contribution is -2.37. The smallest absolute Gasteiger partial charge is 0.227 e. The van der Waals surface area contributed by atoms with Crippen LogP contribution in [-0.2, 0) is 11.2 Å². The van der Waals surface area contributed by atoms with Gasteiger partial charge in [-0.25, -0.2) is 0 Å². The second kappa shape index (κ2) is 8.49. The first-order valence-corrected chi connectivity index (χ1v) is 8.19. The number of aryl methyl sites for hydroxylation is 2. The van der Waals surface area contributed by atoms with Gasteiger partial charge in [-0.1, -0.05) is 17.3 Å². The van der Waals surface area contributed by atoms with Crippen LogP contribution in [0.4, 0.5) is 5.82 Å². The van der Waals surface area contributed by atoms with Gasteiger partial charge < -0.3 is 20.3 Å². The molecule has 1 heterocycles. The Morgan fingerprint density at radius 1 is 1.25 bits per heavy atom. The van der Waals surface area contributed by atoms with Crippen molar-refractivity contribution >= 4 is 11.7 Å². The molecule has 0 aliphatic heterocycles. The molecule has 24 heavy (non-hydrogen) atoms. The number of nitrogens with one attached hydrogen (secondary N) is 2. The second-order valence-electron chi connectivity index (χ2n) is 6.25. The largest absolute Gasteiger partial charge is 0.508 e.